The summed E-state index contributed by atoms with van der Waals surface area (Å²) in [5.41, 5.74) is 1.76. The Labute approximate surface area is 151 Å². The number of para-hydroxylation sites is 1. The number of carbonyl (C=O) groups is 1. The van der Waals surface area contributed by atoms with Crippen LogP contribution in [0, 0.1) is 0 Å². The molecule has 0 aliphatic rings. The van der Waals surface area contributed by atoms with E-state index >= 15 is 0 Å². The zero-order valence-corrected chi connectivity index (χ0v) is 15.0. The molecule has 3 aromatic rings. The molecule has 0 unspecified atom stereocenters. The second-order valence-electron chi connectivity index (χ2n) is 5.52. The van der Waals surface area contributed by atoms with Crippen molar-refractivity contribution >= 4 is 40.2 Å². The summed E-state index contributed by atoms with van der Waals surface area (Å²) in [5.74, 6) is -0.117. The van der Waals surface area contributed by atoms with Gasteiger partial charge in [0.15, 0.2) is 0 Å². The minimum Gasteiger partial charge on any atom is -0.352 e. The number of amides is 1. The molecule has 0 saturated carbocycles. The van der Waals surface area contributed by atoms with Gasteiger partial charge in [0, 0.05) is 29.7 Å². The molecule has 1 N–H and O–H groups in total. The van der Waals surface area contributed by atoms with E-state index in [0.29, 0.717) is 17.1 Å². The molecular weight excluding hydrogens is 340 g/mol. The van der Waals surface area contributed by atoms with Crippen LogP contribution in [0.1, 0.15) is 16.8 Å². The fourth-order valence-corrected chi connectivity index (χ4v) is 3.33. The summed E-state index contributed by atoms with van der Waals surface area (Å²) in [6.07, 6.45) is 4.93. The van der Waals surface area contributed by atoms with Gasteiger partial charge in [-0.3, -0.25) is 4.79 Å². The molecule has 0 radical (unpaired) electrons. The number of thioether (sulfide) groups is 1. The molecule has 1 heterocycles. The number of hydrogen-bond acceptors (Lipinski definition) is 2. The second-order valence-corrected chi connectivity index (χ2v) is 6.81. The van der Waals surface area contributed by atoms with Gasteiger partial charge in [0.05, 0.1) is 10.6 Å². The van der Waals surface area contributed by atoms with E-state index in [-0.39, 0.29) is 5.91 Å². The van der Waals surface area contributed by atoms with E-state index in [0.717, 1.165) is 17.9 Å². The van der Waals surface area contributed by atoms with Crippen LogP contribution in [0.25, 0.3) is 10.9 Å². The fourth-order valence-electron chi connectivity index (χ4n) is 2.69. The van der Waals surface area contributed by atoms with Gasteiger partial charge < -0.3 is 9.88 Å². The zero-order valence-electron chi connectivity index (χ0n) is 13.5. The van der Waals surface area contributed by atoms with Crippen molar-refractivity contribution < 1.29 is 4.79 Å². The molecule has 0 saturated heterocycles. The molecule has 1 amide bonds. The maximum Gasteiger partial charge on any atom is 0.252 e. The minimum atomic E-state index is -0.117. The third-order valence-electron chi connectivity index (χ3n) is 3.96. The highest BCUT2D eigenvalue weighted by Crippen LogP contribution is 2.23. The Kier molecular flexibility index (Phi) is 5.48. The SMILES string of the molecule is CSc1ccc(Cl)c(C(=O)NCCCn2ccc3ccccc32)c1. The maximum atomic E-state index is 12.3. The van der Waals surface area contributed by atoms with Crippen LogP contribution in [0.4, 0.5) is 0 Å². The number of carbonyl (C=O) groups excluding carboxylic acids is 1. The van der Waals surface area contributed by atoms with Gasteiger partial charge in [-0.1, -0.05) is 29.8 Å². The van der Waals surface area contributed by atoms with Gasteiger partial charge in [-0.15, -0.1) is 11.8 Å². The summed E-state index contributed by atoms with van der Waals surface area (Å²) < 4.78 is 2.21. The summed E-state index contributed by atoms with van der Waals surface area (Å²) in [4.78, 5) is 13.3. The predicted molar refractivity (Wildman–Crippen MR) is 102 cm³/mol. The molecule has 2 aromatic carbocycles. The molecule has 0 fully saturated rings. The standard InChI is InChI=1S/C19H19ClN2OS/c1-24-15-7-8-17(20)16(13-15)19(23)21-10-4-11-22-12-9-14-5-2-3-6-18(14)22/h2-3,5-9,12-13H,4,10-11H2,1H3,(H,21,23). The van der Waals surface area contributed by atoms with E-state index < -0.39 is 0 Å². The molecular formula is C19H19ClN2OS. The number of aryl methyl sites for hydroxylation is 1. The first-order valence-electron chi connectivity index (χ1n) is 7.84. The van der Waals surface area contributed by atoms with Crippen LogP contribution in [-0.2, 0) is 6.54 Å². The summed E-state index contributed by atoms with van der Waals surface area (Å²) in [7, 11) is 0. The smallest absolute Gasteiger partial charge is 0.252 e. The summed E-state index contributed by atoms with van der Waals surface area (Å²) in [6, 6.07) is 15.9. The van der Waals surface area contributed by atoms with Crippen LogP contribution in [0.2, 0.25) is 5.02 Å². The van der Waals surface area contributed by atoms with Gasteiger partial charge >= 0.3 is 0 Å². The number of fused-ring (bicyclic) bond motifs is 1. The van der Waals surface area contributed by atoms with Gasteiger partial charge in [-0.2, -0.15) is 0 Å². The molecule has 0 spiro atoms. The van der Waals surface area contributed by atoms with Crippen molar-refractivity contribution in [2.75, 3.05) is 12.8 Å². The van der Waals surface area contributed by atoms with Gasteiger partial charge in [-0.05, 0) is 48.4 Å². The van der Waals surface area contributed by atoms with Gasteiger partial charge in [-0.25, -0.2) is 0 Å². The van der Waals surface area contributed by atoms with Gasteiger partial charge in [0.25, 0.3) is 5.91 Å². The van der Waals surface area contributed by atoms with Crippen molar-refractivity contribution in [2.45, 2.75) is 17.9 Å². The lowest BCUT2D eigenvalue weighted by Crippen LogP contribution is -2.25. The predicted octanol–water partition coefficient (Wildman–Crippen LogP) is 4.84. The molecule has 5 heteroatoms. The first-order valence-corrected chi connectivity index (χ1v) is 9.45. The Morgan fingerprint density at radius 2 is 2.04 bits per heavy atom. The number of nitrogens with one attached hydrogen (secondary N) is 1. The third-order valence-corrected chi connectivity index (χ3v) is 5.01. The molecule has 124 valence electrons. The quantitative estimate of drug-likeness (QED) is 0.505. The third kappa shape index (κ3) is 3.77. The molecule has 3 nitrogen and oxygen atoms in total. The van der Waals surface area contributed by atoms with E-state index in [4.69, 9.17) is 11.6 Å². The topological polar surface area (TPSA) is 34.0 Å². The second kappa shape index (κ2) is 7.77. The van der Waals surface area contributed by atoms with Crippen LogP contribution in [0.15, 0.2) is 59.6 Å². The number of hydrogen-bond donors (Lipinski definition) is 1. The molecule has 0 atom stereocenters. The lowest BCUT2D eigenvalue weighted by molar-refractivity contribution is 0.0952. The monoisotopic (exact) mass is 358 g/mol. The average molecular weight is 359 g/mol. The largest absolute Gasteiger partial charge is 0.352 e. The van der Waals surface area contributed by atoms with Crippen molar-refractivity contribution in [3.63, 3.8) is 0 Å². The Bertz CT molecular complexity index is 859. The van der Waals surface area contributed by atoms with Gasteiger partial charge in [0.2, 0.25) is 0 Å². The first-order chi connectivity index (χ1) is 11.7. The highest BCUT2D eigenvalue weighted by atomic mass is 35.5. The van der Waals surface area contributed by atoms with Crippen LogP contribution in [-0.4, -0.2) is 23.3 Å². The lowest BCUT2D eigenvalue weighted by Gasteiger charge is -2.09. The first kappa shape index (κ1) is 16.9. The molecule has 24 heavy (non-hydrogen) atoms. The zero-order chi connectivity index (χ0) is 16.9. The molecule has 0 aliphatic carbocycles. The fraction of sp³-hybridized carbons (Fsp3) is 0.211. The molecule has 0 aliphatic heterocycles. The van der Waals surface area contributed by atoms with Crippen molar-refractivity contribution in [1.29, 1.82) is 0 Å². The van der Waals surface area contributed by atoms with E-state index in [9.17, 15) is 4.79 Å². The number of aromatic nitrogens is 1. The number of halogens is 1. The Hall–Kier alpha value is -1.91. The van der Waals surface area contributed by atoms with Crippen molar-refractivity contribution in [3.8, 4) is 0 Å². The van der Waals surface area contributed by atoms with Crippen molar-refractivity contribution in [3.05, 3.63) is 65.3 Å². The molecule has 1 aromatic heterocycles. The van der Waals surface area contributed by atoms with Gasteiger partial charge in [0.1, 0.15) is 0 Å². The normalized spacial score (nSPS) is 10.9. The van der Waals surface area contributed by atoms with Crippen LogP contribution in [0.3, 0.4) is 0 Å². The summed E-state index contributed by atoms with van der Waals surface area (Å²) in [5, 5.41) is 4.68. The average Bonchev–Trinajstić information content (AvgIpc) is 3.02. The van der Waals surface area contributed by atoms with Crippen molar-refractivity contribution in [2.24, 2.45) is 0 Å². The molecule has 0 bridgehead atoms. The molecule has 3 rings (SSSR count). The Morgan fingerprint density at radius 1 is 1.21 bits per heavy atom. The van der Waals surface area contributed by atoms with Crippen LogP contribution in [0.5, 0.6) is 0 Å². The van der Waals surface area contributed by atoms with Crippen molar-refractivity contribution in [1.82, 2.24) is 9.88 Å². The minimum absolute atomic E-state index is 0.117. The Balaban J connectivity index is 1.56. The number of benzene rings is 2. The highest BCUT2D eigenvalue weighted by Gasteiger charge is 2.10. The van der Waals surface area contributed by atoms with E-state index in [1.165, 1.54) is 10.9 Å². The lowest BCUT2D eigenvalue weighted by atomic mass is 10.2. The van der Waals surface area contributed by atoms with E-state index in [1.807, 2.05) is 30.5 Å². The van der Waals surface area contributed by atoms with E-state index in [2.05, 4.69) is 34.3 Å². The number of rotatable bonds is 6. The summed E-state index contributed by atoms with van der Waals surface area (Å²) >= 11 is 7.73. The summed E-state index contributed by atoms with van der Waals surface area (Å²) in [6.45, 7) is 1.48. The maximum absolute atomic E-state index is 12.3. The van der Waals surface area contributed by atoms with Crippen LogP contribution >= 0.6 is 23.4 Å². The highest BCUT2D eigenvalue weighted by molar-refractivity contribution is 7.98. The number of nitrogens with zero attached hydrogens (tertiary/aromatic N) is 1. The van der Waals surface area contributed by atoms with Crippen LogP contribution < -0.4 is 5.32 Å². The Morgan fingerprint density at radius 3 is 2.88 bits per heavy atom. The van der Waals surface area contributed by atoms with E-state index in [1.54, 1.807) is 17.8 Å².